The highest BCUT2D eigenvalue weighted by atomic mass is 32.2. The van der Waals surface area contributed by atoms with E-state index in [-0.39, 0.29) is 9.80 Å². The van der Waals surface area contributed by atoms with Crippen molar-refractivity contribution in [3.05, 3.63) is 89.0 Å². The zero-order valence-corrected chi connectivity index (χ0v) is 20.8. The third kappa shape index (κ3) is 5.29. The minimum Gasteiger partial charge on any atom is -0.492 e. The Morgan fingerprint density at radius 1 is 1.19 bits per heavy atom. The second kappa shape index (κ2) is 9.99. The molecule has 7 nitrogen and oxygen atoms in total. The van der Waals surface area contributed by atoms with E-state index in [0.717, 1.165) is 12.8 Å². The van der Waals surface area contributed by atoms with Gasteiger partial charge >= 0.3 is 0 Å². The van der Waals surface area contributed by atoms with Crippen LogP contribution in [0.5, 0.6) is 5.75 Å². The Labute approximate surface area is 214 Å². The van der Waals surface area contributed by atoms with Gasteiger partial charge in [-0.15, -0.1) is 0 Å². The van der Waals surface area contributed by atoms with Crippen LogP contribution in [-0.2, 0) is 9.84 Å². The van der Waals surface area contributed by atoms with Gasteiger partial charge in [-0.05, 0) is 73.7 Å². The number of imidazole rings is 1. The van der Waals surface area contributed by atoms with Crippen LogP contribution in [0.15, 0.2) is 76.7 Å². The number of H-pyrrole nitrogens is 1. The minimum atomic E-state index is -3.99. The lowest BCUT2D eigenvalue weighted by molar-refractivity contribution is 0.299. The molecule has 2 heterocycles. The third-order valence-corrected chi connectivity index (χ3v) is 7.67. The maximum atomic E-state index is 14.1. The van der Waals surface area contributed by atoms with Crippen molar-refractivity contribution < 1.29 is 17.5 Å². The van der Waals surface area contributed by atoms with Crippen molar-refractivity contribution in [3.8, 4) is 34.5 Å². The molecule has 0 atom stereocenters. The summed E-state index contributed by atoms with van der Waals surface area (Å²) in [6.07, 6.45) is 5.05. The summed E-state index contributed by atoms with van der Waals surface area (Å²) in [5, 5.41) is 9.64. The van der Waals surface area contributed by atoms with E-state index < -0.39 is 15.7 Å². The summed E-state index contributed by atoms with van der Waals surface area (Å²) >= 11 is 0. The molecule has 1 fully saturated rings. The number of allylic oxidation sites excluding steroid dienone is 1. The number of aromatic amines is 1. The molecule has 37 heavy (non-hydrogen) atoms. The summed E-state index contributed by atoms with van der Waals surface area (Å²) < 4.78 is 46.0. The maximum Gasteiger partial charge on any atom is 0.216 e. The molecular weight excluding hydrogens is 491 g/mol. The van der Waals surface area contributed by atoms with Crippen LogP contribution >= 0.6 is 0 Å². The first-order chi connectivity index (χ1) is 17.8. The monoisotopic (exact) mass is 514 g/mol. The van der Waals surface area contributed by atoms with E-state index in [0.29, 0.717) is 52.3 Å². The minimum absolute atomic E-state index is 0.0392. The molecule has 4 aromatic rings. The number of hydrogen-bond donors (Lipinski definition) is 1. The number of benzene rings is 2. The molecule has 0 bridgehead atoms. The van der Waals surface area contributed by atoms with Crippen LogP contribution in [0.4, 0.5) is 4.39 Å². The van der Waals surface area contributed by atoms with Crippen molar-refractivity contribution in [1.29, 1.82) is 5.26 Å². The molecule has 0 aliphatic heterocycles. The van der Waals surface area contributed by atoms with Gasteiger partial charge in [0.2, 0.25) is 9.84 Å². The first-order valence-corrected chi connectivity index (χ1v) is 13.2. The van der Waals surface area contributed by atoms with Crippen molar-refractivity contribution in [1.82, 2.24) is 15.0 Å². The van der Waals surface area contributed by atoms with Crippen LogP contribution < -0.4 is 4.74 Å². The Morgan fingerprint density at radius 3 is 2.70 bits per heavy atom. The van der Waals surface area contributed by atoms with Crippen molar-refractivity contribution in [2.24, 2.45) is 5.92 Å². The molecule has 5 rings (SSSR count). The van der Waals surface area contributed by atoms with Gasteiger partial charge in [0, 0.05) is 17.8 Å². The molecule has 0 amide bonds. The molecule has 0 saturated heterocycles. The Balaban J connectivity index is 1.54. The summed E-state index contributed by atoms with van der Waals surface area (Å²) in [5.41, 5.74) is 2.68. The number of sulfone groups is 1. The predicted molar refractivity (Wildman–Crippen MR) is 137 cm³/mol. The van der Waals surface area contributed by atoms with Gasteiger partial charge in [-0.25, -0.2) is 17.8 Å². The lowest BCUT2D eigenvalue weighted by atomic mass is 10.1. The number of nitriles is 1. The lowest BCUT2D eigenvalue weighted by Gasteiger charge is -2.12. The molecule has 0 radical (unpaired) electrons. The van der Waals surface area contributed by atoms with Crippen molar-refractivity contribution in [3.63, 3.8) is 0 Å². The number of aryl methyl sites for hydroxylation is 1. The molecule has 1 aliphatic rings. The molecule has 1 saturated carbocycles. The van der Waals surface area contributed by atoms with E-state index in [1.54, 1.807) is 43.3 Å². The standard InChI is InChI=1S/C28H23FN4O3S/c1-18-32-27(24-10-9-21(29)15-26(24)36-17-19-7-8-19)28(33-18)25-14-20(11-12-31-25)13-23(16-30)37(34,35)22-5-3-2-4-6-22/h2-6,9-15,19H,7-8,17H2,1H3,(H,32,33). The van der Waals surface area contributed by atoms with Gasteiger partial charge in [0.1, 0.15) is 34.1 Å². The van der Waals surface area contributed by atoms with Gasteiger partial charge in [-0.1, -0.05) is 18.2 Å². The molecule has 9 heteroatoms. The summed E-state index contributed by atoms with van der Waals surface area (Å²) in [6, 6.07) is 17.2. The number of hydrogen-bond acceptors (Lipinski definition) is 6. The van der Waals surface area contributed by atoms with Gasteiger partial charge in [-0.2, -0.15) is 5.26 Å². The summed E-state index contributed by atoms with van der Waals surface area (Å²) in [4.78, 5) is 11.9. The normalized spacial score (nSPS) is 13.8. The summed E-state index contributed by atoms with van der Waals surface area (Å²) in [7, 11) is -3.99. The van der Waals surface area contributed by atoms with Crippen molar-refractivity contribution >= 4 is 15.9 Å². The molecule has 186 valence electrons. The topological polar surface area (TPSA) is 109 Å². The largest absolute Gasteiger partial charge is 0.492 e. The van der Waals surface area contributed by atoms with Crippen molar-refractivity contribution in [2.75, 3.05) is 6.61 Å². The smallest absolute Gasteiger partial charge is 0.216 e. The average Bonchev–Trinajstić information content (AvgIpc) is 3.66. The number of pyridine rings is 1. The number of rotatable bonds is 8. The van der Waals surface area contributed by atoms with Crippen LogP contribution in [0.3, 0.4) is 0 Å². The van der Waals surface area contributed by atoms with E-state index in [2.05, 4.69) is 15.0 Å². The number of nitrogens with one attached hydrogen (secondary N) is 1. The van der Waals surface area contributed by atoms with E-state index in [9.17, 15) is 18.1 Å². The first kappa shape index (κ1) is 24.4. The van der Waals surface area contributed by atoms with Crippen LogP contribution in [-0.4, -0.2) is 30.0 Å². The quantitative estimate of drug-likeness (QED) is 0.302. The molecule has 1 aliphatic carbocycles. The van der Waals surface area contributed by atoms with Crippen LogP contribution in [0.2, 0.25) is 0 Å². The fraction of sp³-hybridized carbons (Fsp3) is 0.179. The lowest BCUT2D eigenvalue weighted by Crippen LogP contribution is -2.03. The second-order valence-electron chi connectivity index (χ2n) is 8.85. The highest BCUT2D eigenvalue weighted by Gasteiger charge is 2.24. The molecule has 0 unspecified atom stereocenters. The Kier molecular flexibility index (Phi) is 6.59. The number of ether oxygens (including phenoxy) is 1. The fourth-order valence-corrected chi connectivity index (χ4v) is 5.08. The Bertz CT molecular complexity index is 1640. The Hall–Kier alpha value is -4.29. The molecule has 2 aromatic carbocycles. The van der Waals surface area contributed by atoms with Crippen molar-refractivity contribution in [2.45, 2.75) is 24.7 Å². The van der Waals surface area contributed by atoms with Gasteiger partial charge in [0.25, 0.3) is 0 Å². The van der Waals surface area contributed by atoms with Gasteiger partial charge in [0.15, 0.2) is 0 Å². The first-order valence-electron chi connectivity index (χ1n) is 11.7. The number of aromatic nitrogens is 3. The Morgan fingerprint density at radius 2 is 1.97 bits per heavy atom. The average molecular weight is 515 g/mol. The maximum absolute atomic E-state index is 14.1. The SMILES string of the molecule is Cc1nc(-c2cc(C=C(C#N)S(=O)(=O)c3ccccc3)ccn2)c(-c2ccc(F)cc2OCC2CC2)[nH]1. The third-order valence-electron chi connectivity index (χ3n) is 5.98. The van der Waals surface area contributed by atoms with E-state index in [1.165, 1.54) is 36.5 Å². The predicted octanol–water partition coefficient (Wildman–Crippen LogP) is 5.71. The van der Waals surface area contributed by atoms with Crippen LogP contribution in [0.25, 0.3) is 28.7 Å². The van der Waals surface area contributed by atoms with E-state index >= 15 is 0 Å². The fourth-order valence-electron chi connectivity index (χ4n) is 3.90. The van der Waals surface area contributed by atoms with Gasteiger partial charge in [0.05, 0.1) is 22.9 Å². The van der Waals surface area contributed by atoms with E-state index in [4.69, 9.17) is 4.74 Å². The van der Waals surface area contributed by atoms with Gasteiger partial charge in [-0.3, -0.25) is 4.98 Å². The number of nitrogens with zero attached hydrogens (tertiary/aromatic N) is 3. The molecular formula is C28H23FN4O3S. The molecule has 0 spiro atoms. The van der Waals surface area contributed by atoms with E-state index in [1.807, 2.05) is 6.07 Å². The summed E-state index contributed by atoms with van der Waals surface area (Å²) in [6.45, 7) is 2.31. The highest BCUT2D eigenvalue weighted by Crippen LogP contribution is 2.37. The zero-order valence-electron chi connectivity index (χ0n) is 20.0. The molecule has 2 aromatic heterocycles. The van der Waals surface area contributed by atoms with Crippen LogP contribution in [0, 0.1) is 30.0 Å². The highest BCUT2D eigenvalue weighted by molar-refractivity contribution is 7.95. The van der Waals surface area contributed by atoms with Crippen LogP contribution in [0.1, 0.15) is 24.2 Å². The number of halogens is 1. The second-order valence-corrected chi connectivity index (χ2v) is 10.8. The summed E-state index contributed by atoms with van der Waals surface area (Å²) in [5.74, 6) is 1.12. The zero-order chi connectivity index (χ0) is 26.0. The molecule has 1 N–H and O–H groups in total. The van der Waals surface area contributed by atoms with Gasteiger partial charge < -0.3 is 9.72 Å².